The lowest BCUT2D eigenvalue weighted by molar-refractivity contribution is -0.195. The van der Waals surface area contributed by atoms with Crippen LogP contribution >= 0.6 is 0 Å². The molecule has 0 radical (unpaired) electrons. The first-order valence-corrected chi connectivity index (χ1v) is 7.26. The molecule has 6 heteroatoms. The van der Waals surface area contributed by atoms with Crippen LogP contribution in [0.4, 0.5) is 0 Å². The highest BCUT2D eigenvalue weighted by Crippen LogP contribution is 2.76. The lowest BCUT2D eigenvalue weighted by Gasteiger charge is -2.51. The summed E-state index contributed by atoms with van der Waals surface area (Å²) in [6.07, 6.45) is -1.34. The minimum absolute atomic E-state index is 0.269. The minimum Gasteiger partial charge on any atom is -0.457 e. The van der Waals surface area contributed by atoms with Crippen molar-refractivity contribution in [2.75, 3.05) is 0 Å². The smallest absolute Gasteiger partial charge is 0.342 e. The summed E-state index contributed by atoms with van der Waals surface area (Å²) in [5.41, 5.74) is -2.60. The van der Waals surface area contributed by atoms with E-state index in [0.717, 1.165) is 5.57 Å². The first-order valence-electron chi connectivity index (χ1n) is 7.26. The molecule has 0 amide bonds. The van der Waals surface area contributed by atoms with E-state index in [-0.39, 0.29) is 18.4 Å². The SMILES string of the molecule is C=C(C)C1C2OC(=O)C1C1(O)C[C@H]3O[C@]34C(=O)O[C@H]2[C@]14C. The van der Waals surface area contributed by atoms with E-state index in [2.05, 4.69) is 6.58 Å². The third kappa shape index (κ3) is 0.874. The Morgan fingerprint density at radius 1 is 1.38 bits per heavy atom. The fourth-order valence-corrected chi connectivity index (χ4v) is 5.59. The number of carbonyl (C=O) groups is 2. The highest BCUT2D eigenvalue weighted by atomic mass is 16.7. The highest BCUT2D eigenvalue weighted by Gasteiger charge is 2.95. The van der Waals surface area contributed by atoms with Crippen molar-refractivity contribution in [1.29, 1.82) is 0 Å². The standard InChI is InChI=1S/C15H16O6/c1-5(2)7-8-11(16)19-9(7)10-13(3)14(8,18)4-6-15(13,21-6)12(17)20-10/h6-10,18H,1,4H2,2-3H3/t6-,7?,8?,9?,10-,13-,14?,15+/m1/s1. The molecule has 0 aromatic rings. The molecule has 5 fully saturated rings. The number of esters is 2. The van der Waals surface area contributed by atoms with Crippen molar-refractivity contribution in [3.05, 3.63) is 12.2 Å². The van der Waals surface area contributed by atoms with E-state index < -0.39 is 46.7 Å². The van der Waals surface area contributed by atoms with E-state index in [4.69, 9.17) is 14.2 Å². The molecule has 5 rings (SSSR count). The average molecular weight is 292 g/mol. The monoisotopic (exact) mass is 292 g/mol. The van der Waals surface area contributed by atoms with Gasteiger partial charge in [-0.05, 0) is 13.8 Å². The molecule has 2 saturated carbocycles. The van der Waals surface area contributed by atoms with Crippen LogP contribution in [-0.2, 0) is 23.8 Å². The van der Waals surface area contributed by atoms with E-state index in [9.17, 15) is 14.7 Å². The molecule has 2 aliphatic carbocycles. The zero-order valence-electron chi connectivity index (χ0n) is 11.8. The van der Waals surface area contributed by atoms with Gasteiger partial charge in [0.1, 0.15) is 12.2 Å². The van der Waals surface area contributed by atoms with Crippen molar-refractivity contribution in [1.82, 2.24) is 0 Å². The van der Waals surface area contributed by atoms with Gasteiger partial charge in [0, 0.05) is 12.3 Å². The van der Waals surface area contributed by atoms with Gasteiger partial charge in [-0.3, -0.25) is 4.79 Å². The predicted molar refractivity (Wildman–Crippen MR) is 66.8 cm³/mol. The van der Waals surface area contributed by atoms with Crippen LogP contribution in [-0.4, -0.2) is 46.6 Å². The van der Waals surface area contributed by atoms with E-state index >= 15 is 0 Å². The van der Waals surface area contributed by atoms with Gasteiger partial charge in [-0.1, -0.05) is 12.2 Å². The van der Waals surface area contributed by atoms with E-state index in [0.29, 0.717) is 0 Å². The number of fused-ring (bicyclic) bond motifs is 4. The van der Waals surface area contributed by atoms with Crippen LogP contribution in [0.25, 0.3) is 0 Å². The van der Waals surface area contributed by atoms with Crippen molar-refractivity contribution >= 4 is 11.9 Å². The van der Waals surface area contributed by atoms with Gasteiger partial charge in [0.2, 0.25) is 5.60 Å². The van der Waals surface area contributed by atoms with Gasteiger partial charge in [0.05, 0.1) is 16.9 Å². The van der Waals surface area contributed by atoms with Gasteiger partial charge >= 0.3 is 11.9 Å². The van der Waals surface area contributed by atoms with Crippen LogP contribution in [0.2, 0.25) is 0 Å². The van der Waals surface area contributed by atoms with Crippen LogP contribution in [0.5, 0.6) is 0 Å². The van der Waals surface area contributed by atoms with E-state index in [1.54, 1.807) is 6.92 Å². The highest BCUT2D eigenvalue weighted by molar-refractivity contribution is 5.91. The van der Waals surface area contributed by atoms with Crippen molar-refractivity contribution < 1.29 is 28.9 Å². The van der Waals surface area contributed by atoms with Gasteiger partial charge in [0.15, 0.2) is 6.10 Å². The number of carbonyl (C=O) groups excluding carboxylic acids is 2. The van der Waals surface area contributed by atoms with Gasteiger partial charge in [0.25, 0.3) is 0 Å². The molecular weight excluding hydrogens is 276 g/mol. The molecule has 4 unspecified atom stereocenters. The summed E-state index contributed by atoms with van der Waals surface area (Å²) in [5.74, 6) is -1.86. The summed E-state index contributed by atoms with van der Waals surface area (Å²) < 4.78 is 16.6. The molecule has 1 N–H and O–H groups in total. The number of ether oxygens (including phenoxy) is 3. The Labute approximate surface area is 121 Å². The largest absolute Gasteiger partial charge is 0.457 e. The second-order valence-corrected chi connectivity index (χ2v) is 7.25. The van der Waals surface area contributed by atoms with E-state index in [1.165, 1.54) is 0 Å². The molecule has 112 valence electrons. The Balaban J connectivity index is 1.78. The summed E-state index contributed by atoms with van der Waals surface area (Å²) in [4.78, 5) is 24.7. The topological polar surface area (TPSA) is 85.4 Å². The summed E-state index contributed by atoms with van der Waals surface area (Å²) in [7, 11) is 0. The predicted octanol–water partition coefficient (Wildman–Crippen LogP) is -0.0620. The van der Waals surface area contributed by atoms with Gasteiger partial charge in [-0.15, -0.1) is 0 Å². The normalized spacial score (nSPS) is 62.0. The van der Waals surface area contributed by atoms with E-state index in [1.807, 2.05) is 6.92 Å². The molecule has 5 aliphatic rings. The Bertz CT molecular complexity index is 642. The third-order valence-corrected chi connectivity index (χ3v) is 6.60. The lowest BCUT2D eigenvalue weighted by Crippen LogP contribution is -2.66. The van der Waals surface area contributed by atoms with Crippen molar-refractivity contribution in [2.24, 2.45) is 17.3 Å². The maximum Gasteiger partial charge on any atom is 0.342 e. The van der Waals surface area contributed by atoms with Crippen LogP contribution < -0.4 is 0 Å². The summed E-state index contributed by atoms with van der Waals surface area (Å²) in [6.45, 7) is 7.55. The molecule has 2 bridgehead atoms. The Morgan fingerprint density at radius 2 is 2.10 bits per heavy atom. The van der Waals surface area contributed by atoms with Crippen LogP contribution in [0, 0.1) is 17.3 Å². The Hall–Kier alpha value is -1.40. The van der Waals surface area contributed by atoms with Gasteiger partial charge < -0.3 is 19.3 Å². The number of hydrogen-bond acceptors (Lipinski definition) is 6. The summed E-state index contributed by atoms with van der Waals surface area (Å²) in [5, 5.41) is 11.4. The third-order valence-electron chi connectivity index (χ3n) is 6.60. The molecule has 6 nitrogen and oxygen atoms in total. The van der Waals surface area contributed by atoms with Crippen LogP contribution in [0.15, 0.2) is 12.2 Å². The molecule has 8 atom stereocenters. The fraction of sp³-hybridized carbons (Fsp3) is 0.733. The van der Waals surface area contributed by atoms with Crippen molar-refractivity contribution in [3.8, 4) is 0 Å². The molecule has 3 aliphatic heterocycles. The minimum atomic E-state index is -1.35. The number of epoxide rings is 1. The maximum atomic E-state index is 12.3. The summed E-state index contributed by atoms with van der Waals surface area (Å²) in [6, 6.07) is 0. The molecule has 0 aromatic carbocycles. The zero-order valence-corrected chi connectivity index (χ0v) is 11.8. The lowest BCUT2D eigenvalue weighted by atomic mass is 9.53. The Kier molecular flexibility index (Phi) is 1.68. The number of hydrogen-bond donors (Lipinski definition) is 1. The molecular formula is C15H16O6. The average Bonchev–Trinajstić information content (AvgIpc) is 2.86. The van der Waals surface area contributed by atoms with Crippen molar-refractivity contribution in [3.63, 3.8) is 0 Å². The molecule has 3 saturated heterocycles. The first kappa shape index (κ1) is 12.2. The fourth-order valence-electron chi connectivity index (χ4n) is 5.59. The molecule has 21 heavy (non-hydrogen) atoms. The van der Waals surface area contributed by atoms with Crippen LogP contribution in [0.3, 0.4) is 0 Å². The van der Waals surface area contributed by atoms with Crippen molar-refractivity contribution in [2.45, 2.75) is 49.8 Å². The molecule has 1 spiro atoms. The number of rotatable bonds is 1. The second kappa shape index (κ2) is 2.90. The first-order chi connectivity index (χ1) is 9.79. The van der Waals surface area contributed by atoms with Gasteiger partial charge in [-0.2, -0.15) is 0 Å². The van der Waals surface area contributed by atoms with Gasteiger partial charge in [-0.25, -0.2) is 4.79 Å². The second-order valence-electron chi connectivity index (χ2n) is 7.25. The Morgan fingerprint density at radius 3 is 2.76 bits per heavy atom. The summed E-state index contributed by atoms with van der Waals surface area (Å²) >= 11 is 0. The number of aliphatic hydroxyl groups is 1. The quantitative estimate of drug-likeness (QED) is 0.414. The zero-order chi connectivity index (χ0) is 14.9. The molecule has 0 aromatic heterocycles. The molecule has 3 heterocycles. The maximum absolute atomic E-state index is 12.3. The van der Waals surface area contributed by atoms with Crippen LogP contribution in [0.1, 0.15) is 20.3 Å².